The Morgan fingerprint density at radius 1 is 0.933 bits per heavy atom. The van der Waals surface area contributed by atoms with E-state index in [2.05, 4.69) is 10.3 Å². The summed E-state index contributed by atoms with van der Waals surface area (Å²) in [5.74, 6) is 0. The molecule has 0 saturated carbocycles. The van der Waals surface area contributed by atoms with Gasteiger partial charge in [0.25, 0.3) is 0 Å². The van der Waals surface area contributed by atoms with Gasteiger partial charge in [0.1, 0.15) is 0 Å². The summed E-state index contributed by atoms with van der Waals surface area (Å²) in [6.45, 7) is 0. The Kier molecular flexibility index (Phi) is 2.74. The summed E-state index contributed by atoms with van der Waals surface area (Å²) in [7, 11) is 0. The molecule has 3 nitrogen and oxygen atoms in total. The van der Waals surface area contributed by atoms with Gasteiger partial charge in [-0.15, -0.1) is 0 Å². The molecule has 0 atom stereocenters. The number of nitrogens with one attached hydrogen (secondary N) is 1. The van der Waals surface area contributed by atoms with E-state index >= 15 is 0 Å². The quantitative estimate of drug-likeness (QED) is 0.769. The van der Waals surface area contributed by atoms with E-state index < -0.39 is 0 Å². The minimum absolute atomic E-state index is 0.668. The van der Waals surface area contributed by atoms with E-state index in [4.69, 9.17) is 0 Å². The Bertz CT molecular complexity index is 437. The second-order valence-electron chi connectivity index (χ2n) is 3.08. The molecule has 2 aromatic rings. The molecule has 0 fully saturated rings. The van der Waals surface area contributed by atoms with Crippen molar-refractivity contribution in [3.8, 4) is 11.1 Å². The van der Waals surface area contributed by atoms with Gasteiger partial charge in [-0.3, -0.25) is 9.78 Å². The smallest absolute Gasteiger partial charge is 0.211 e. The Balaban J connectivity index is 2.28. The molecule has 0 saturated heterocycles. The van der Waals surface area contributed by atoms with Gasteiger partial charge in [0.15, 0.2) is 0 Å². The number of hydrogen-bond donors (Lipinski definition) is 1. The molecule has 1 heterocycles. The highest BCUT2D eigenvalue weighted by molar-refractivity contribution is 5.73. The van der Waals surface area contributed by atoms with Crippen LogP contribution in [0, 0.1) is 0 Å². The van der Waals surface area contributed by atoms with E-state index in [1.807, 2.05) is 36.4 Å². The Morgan fingerprint density at radius 2 is 1.53 bits per heavy atom. The molecule has 0 bridgehead atoms. The second kappa shape index (κ2) is 4.37. The maximum atomic E-state index is 10.2. The van der Waals surface area contributed by atoms with Crippen molar-refractivity contribution in [1.29, 1.82) is 0 Å². The standard InChI is InChI=1S/C12H10N2O/c15-9-14-12-3-1-10(2-4-12)11-5-7-13-8-6-11/h1-9H,(H,14,15). The molecule has 15 heavy (non-hydrogen) atoms. The number of anilines is 1. The van der Waals surface area contributed by atoms with Gasteiger partial charge in [0, 0.05) is 18.1 Å². The molecular formula is C12H10N2O. The van der Waals surface area contributed by atoms with Crippen LogP contribution in [0.2, 0.25) is 0 Å². The van der Waals surface area contributed by atoms with Gasteiger partial charge in [0.05, 0.1) is 0 Å². The van der Waals surface area contributed by atoms with Gasteiger partial charge < -0.3 is 5.32 Å². The molecular weight excluding hydrogens is 188 g/mol. The molecule has 2 rings (SSSR count). The van der Waals surface area contributed by atoms with Gasteiger partial charge in [-0.2, -0.15) is 0 Å². The minimum Gasteiger partial charge on any atom is -0.329 e. The summed E-state index contributed by atoms with van der Waals surface area (Å²) in [5.41, 5.74) is 3.01. The summed E-state index contributed by atoms with van der Waals surface area (Å²) < 4.78 is 0. The van der Waals surface area contributed by atoms with Crippen LogP contribution in [0.5, 0.6) is 0 Å². The van der Waals surface area contributed by atoms with Gasteiger partial charge in [-0.1, -0.05) is 12.1 Å². The number of amides is 1. The third-order valence-electron chi connectivity index (χ3n) is 2.12. The first-order valence-electron chi connectivity index (χ1n) is 4.61. The van der Waals surface area contributed by atoms with Crippen LogP contribution < -0.4 is 5.32 Å². The molecule has 1 aromatic carbocycles. The fourth-order valence-electron chi connectivity index (χ4n) is 1.37. The molecule has 0 unspecified atom stereocenters. The predicted molar refractivity (Wildman–Crippen MR) is 59.4 cm³/mol. The zero-order valence-corrected chi connectivity index (χ0v) is 8.05. The lowest BCUT2D eigenvalue weighted by atomic mass is 10.1. The number of carbonyl (C=O) groups is 1. The SMILES string of the molecule is O=CNc1ccc(-c2ccncc2)cc1. The fraction of sp³-hybridized carbons (Fsp3) is 0. The van der Waals surface area contributed by atoms with Crippen LogP contribution in [-0.2, 0) is 4.79 Å². The van der Waals surface area contributed by atoms with Gasteiger partial charge in [-0.05, 0) is 35.4 Å². The second-order valence-corrected chi connectivity index (χ2v) is 3.08. The number of carbonyl (C=O) groups excluding carboxylic acids is 1. The van der Waals surface area contributed by atoms with Crippen LogP contribution in [0.3, 0.4) is 0 Å². The molecule has 0 aliphatic carbocycles. The van der Waals surface area contributed by atoms with Crippen molar-refractivity contribution in [3.05, 3.63) is 48.8 Å². The number of rotatable bonds is 3. The van der Waals surface area contributed by atoms with Crippen molar-refractivity contribution in [2.75, 3.05) is 5.32 Å². The third kappa shape index (κ3) is 2.20. The predicted octanol–water partition coefficient (Wildman–Crippen LogP) is 2.32. The number of nitrogens with zero attached hydrogens (tertiary/aromatic N) is 1. The number of pyridine rings is 1. The average molecular weight is 198 g/mol. The monoisotopic (exact) mass is 198 g/mol. The summed E-state index contributed by atoms with van der Waals surface area (Å²) in [4.78, 5) is 14.2. The lowest BCUT2D eigenvalue weighted by Crippen LogP contribution is -1.92. The van der Waals surface area contributed by atoms with Crippen molar-refractivity contribution < 1.29 is 4.79 Å². The molecule has 1 amide bonds. The first kappa shape index (κ1) is 9.40. The normalized spacial score (nSPS) is 9.60. The van der Waals surface area contributed by atoms with E-state index in [1.54, 1.807) is 12.4 Å². The zero-order chi connectivity index (χ0) is 10.5. The summed E-state index contributed by atoms with van der Waals surface area (Å²) in [6, 6.07) is 11.5. The van der Waals surface area contributed by atoms with E-state index in [9.17, 15) is 4.79 Å². The number of benzene rings is 1. The Hall–Kier alpha value is -2.16. The van der Waals surface area contributed by atoms with Gasteiger partial charge in [0.2, 0.25) is 6.41 Å². The topological polar surface area (TPSA) is 42.0 Å². The van der Waals surface area contributed by atoms with Crippen molar-refractivity contribution >= 4 is 12.1 Å². The molecule has 1 aromatic heterocycles. The molecule has 0 radical (unpaired) electrons. The lowest BCUT2D eigenvalue weighted by Gasteiger charge is -2.02. The first-order chi connectivity index (χ1) is 7.40. The van der Waals surface area contributed by atoms with E-state index in [0.717, 1.165) is 16.8 Å². The highest BCUT2D eigenvalue weighted by atomic mass is 16.1. The maximum Gasteiger partial charge on any atom is 0.211 e. The van der Waals surface area contributed by atoms with Crippen LogP contribution in [0.1, 0.15) is 0 Å². The first-order valence-corrected chi connectivity index (χ1v) is 4.61. The summed E-state index contributed by atoms with van der Waals surface area (Å²) >= 11 is 0. The van der Waals surface area contributed by atoms with Gasteiger partial charge >= 0.3 is 0 Å². The largest absolute Gasteiger partial charge is 0.329 e. The molecule has 0 spiro atoms. The van der Waals surface area contributed by atoms with Gasteiger partial charge in [-0.25, -0.2) is 0 Å². The molecule has 1 N–H and O–H groups in total. The minimum atomic E-state index is 0.668. The summed E-state index contributed by atoms with van der Waals surface area (Å²) in [5, 5.41) is 2.59. The third-order valence-corrected chi connectivity index (χ3v) is 2.12. The highest BCUT2D eigenvalue weighted by Crippen LogP contribution is 2.19. The van der Waals surface area contributed by atoms with Crippen molar-refractivity contribution in [1.82, 2.24) is 4.98 Å². The molecule has 0 aliphatic rings. The highest BCUT2D eigenvalue weighted by Gasteiger charge is 1.96. The Labute approximate surface area is 87.8 Å². The Morgan fingerprint density at radius 3 is 2.13 bits per heavy atom. The van der Waals surface area contributed by atoms with Crippen LogP contribution in [-0.4, -0.2) is 11.4 Å². The fourth-order valence-corrected chi connectivity index (χ4v) is 1.37. The van der Waals surface area contributed by atoms with Crippen molar-refractivity contribution in [3.63, 3.8) is 0 Å². The van der Waals surface area contributed by atoms with Crippen LogP contribution in [0.4, 0.5) is 5.69 Å². The van der Waals surface area contributed by atoms with Crippen LogP contribution >= 0.6 is 0 Å². The average Bonchev–Trinajstić information content (AvgIpc) is 2.32. The summed E-state index contributed by atoms with van der Waals surface area (Å²) in [6.07, 6.45) is 4.18. The zero-order valence-electron chi connectivity index (χ0n) is 8.05. The lowest BCUT2D eigenvalue weighted by molar-refractivity contribution is -0.105. The number of aromatic nitrogens is 1. The molecule has 0 aliphatic heterocycles. The molecule has 74 valence electrons. The van der Waals surface area contributed by atoms with Crippen molar-refractivity contribution in [2.45, 2.75) is 0 Å². The van der Waals surface area contributed by atoms with E-state index in [0.29, 0.717) is 6.41 Å². The maximum absolute atomic E-state index is 10.2. The van der Waals surface area contributed by atoms with E-state index in [1.165, 1.54) is 0 Å². The van der Waals surface area contributed by atoms with Crippen LogP contribution in [0.15, 0.2) is 48.8 Å². The van der Waals surface area contributed by atoms with Crippen LogP contribution in [0.25, 0.3) is 11.1 Å². The van der Waals surface area contributed by atoms with E-state index in [-0.39, 0.29) is 0 Å². The molecule has 3 heteroatoms. The number of hydrogen-bond acceptors (Lipinski definition) is 2. The van der Waals surface area contributed by atoms with Crippen molar-refractivity contribution in [2.24, 2.45) is 0 Å².